The lowest BCUT2D eigenvalue weighted by Gasteiger charge is -2.11. The molecule has 1 aromatic heterocycles. The number of esters is 1. The van der Waals surface area contributed by atoms with Crippen molar-refractivity contribution < 1.29 is 9.53 Å². The van der Waals surface area contributed by atoms with Crippen molar-refractivity contribution >= 4 is 11.8 Å². The van der Waals surface area contributed by atoms with Crippen LogP contribution in [-0.2, 0) is 9.53 Å². The van der Waals surface area contributed by atoms with E-state index in [9.17, 15) is 4.79 Å². The summed E-state index contributed by atoms with van der Waals surface area (Å²) >= 11 is 0. The fraction of sp³-hybridized carbons (Fsp3) is 0.200. The van der Waals surface area contributed by atoms with Crippen LogP contribution >= 0.6 is 0 Å². The fourth-order valence-corrected chi connectivity index (χ4v) is 1.78. The van der Waals surface area contributed by atoms with Crippen molar-refractivity contribution in [2.75, 3.05) is 11.9 Å². The highest BCUT2D eigenvalue weighted by molar-refractivity contribution is 5.73. The van der Waals surface area contributed by atoms with E-state index in [1.807, 2.05) is 36.4 Å². The highest BCUT2D eigenvalue weighted by Gasteiger charge is 2.08. The quantitative estimate of drug-likeness (QED) is 0.821. The zero-order valence-corrected chi connectivity index (χ0v) is 11.4. The molecule has 1 aromatic carbocycles. The first-order chi connectivity index (χ1) is 9.70. The molecule has 2 aromatic rings. The van der Waals surface area contributed by atoms with Crippen molar-refractivity contribution in [3.63, 3.8) is 0 Å². The third-order valence-electron chi connectivity index (χ3n) is 2.61. The number of hydrogen-bond donors (Lipinski definition) is 1. The lowest BCUT2D eigenvalue weighted by molar-refractivity contribution is -0.142. The molecule has 1 heterocycles. The third-order valence-corrected chi connectivity index (χ3v) is 2.61. The number of nitrogens with one attached hydrogen (secondary N) is 1. The number of carbonyl (C=O) groups excluding carboxylic acids is 1. The topological polar surface area (TPSA) is 56.1 Å². The van der Waals surface area contributed by atoms with Crippen LogP contribution in [0.4, 0.5) is 5.82 Å². The molecule has 104 valence electrons. The molecule has 0 fully saturated rings. The van der Waals surface area contributed by atoms with Gasteiger partial charge in [-0.2, -0.15) is 5.10 Å². The second kappa shape index (κ2) is 6.56. The molecular formula is C15H17N3O2. The van der Waals surface area contributed by atoms with Gasteiger partial charge in [0.25, 0.3) is 0 Å². The van der Waals surface area contributed by atoms with Gasteiger partial charge in [0.2, 0.25) is 0 Å². The zero-order valence-electron chi connectivity index (χ0n) is 11.4. The second-order valence-electron chi connectivity index (χ2n) is 4.17. The van der Waals surface area contributed by atoms with Gasteiger partial charge in [-0.3, -0.25) is 4.79 Å². The number of aromatic nitrogens is 2. The van der Waals surface area contributed by atoms with Gasteiger partial charge < -0.3 is 10.1 Å². The molecule has 0 amide bonds. The molecule has 1 N–H and O–H groups in total. The van der Waals surface area contributed by atoms with Gasteiger partial charge in [0.1, 0.15) is 5.82 Å². The first-order valence-electron chi connectivity index (χ1n) is 6.40. The molecule has 0 spiro atoms. The van der Waals surface area contributed by atoms with Gasteiger partial charge in [-0.05, 0) is 19.1 Å². The largest absolute Gasteiger partial charge is 0.466 e. The number of benzene rings is 1. The van der Waals surface area contributed by atoms with Crippen molar-refractivity contribution in [2.24, 2.45) is 0 Å². The average Bonchev–Trinajstić information content (AvgIpc) is 2.87. The van der Waals surface area contributed by atoms with E-state index < -0.39 is 0 Å². The Kier molecular flexibility index (Phi) is 4.55. The smallest absolute Gasteiger partial charge is 0.311 e. The highest BCUT2D eigenvalue weighted by Crippen LogP contribution is 2.16. The maximum absolute atomic E-state index is 11.4. The Morgan fingerprint density at radius 1 is 1.35 bits per heavy atom. The zero-order chi connectivity index (χ0) is 14.4. The van der Waals surface area contributed by atoms with E-state index in [0.717, 1.165) is 11.5 Å². The maximum Gasteiger partial charge on any atom is 0.311 e. The predicted octanol–water partition coefficient (Wildman–Crippen LogP) is 2.75. The molecule has 0 saturated carbocycles. The minimum absolute atomic E-state index is 0.133. The van der Waals surface area contributed by atoms with Gasteiger partial charge in [0, 0.05) is 11.8 Å². The minimum atomic E-state index is -0.296. The number of anilines is 1. The average molecular weight is 271 g/mol. The molecule has 0 aliphatic carbocycles. The monoisotopic (exact) mass is 271 g/mol. The fourth-order valence-electron chi connectivity index (χ4n) is 1.78. The molecule has 5 heteroatoms. The van der Waals surface area contributed by atoms with Crippen LogP contribution in [0.3, 0.4) is 0 Å². The van der Waals surface area contributed by atoms with Crippen LogP contribution in [0, 0.1) is 0 Å². The van der Waals surface area contributed by atoms with E-state index in [0.29, 0.717) is 12.3 Å². The van der Waals surface area contributed by atoms with Crippen LogP contribution in [0.25, 0.3) is 5.69 Å². The number of hydrogen-bond acceptors (Lipinski definition) is 4. The van der Waals surface area contributed by atoms with Crippen molar-refractivity contribution in [1.82, 2.24) is 9.78 Å². The summed E-state index contributed by atoms with van der Waals surface area (Å²) in [7, 11) is 0. The van der Waals surface area contributed by atoms with Crippen LogP contribution in [0.15, 0.2) is 54.9 Å². The minimum Gasteiger partial charge on any atom is -0.466 e. The molecular weight excluding hydrogens is 254 g/mol. The highest BCUT2D eigenvalue weighted by atomic mass is 16.5. The molecule has 0 unspecified atom stereocenters. The van der Waals surface area contributed by atoms with Crippen molar-refractivity contribution in [3.8, 4) is 5.69 Å². The van der Waals surface area contributed by atoms with Crippen LogP contribution in [0.2, 0.25) is 0 Å². The molecule has 5 nitrogen and oxygen atoms in total. The van der Waals surface area contributed by atoms with Gasteiger partial charge in [0.15, 0.2) is 0 Å². The number of nitrogens with zero attached hydrogens (tertiary/aromatic N) is 2. The Bertz CT molecular complexity index is 590. The van der Waals surface area contributed by atoms with Gasteiger partial charge >= 0.3 is 5.97 Å². The molecule has 20 heavy (non-hydrogen) atoms. The lowest BCUT2D eigenvalue weighted by atomic mass is 10.3. The van der Waals surface area contributed by atoms with Gasteiger partial charge in [0.05, 0.1) is 24.9 Å². The molecule has 0 saturated heterocycles. The molecule has 0 aliphatic rings. The first kappa shape index (κ1) is 13.9. The van der Waals surface area contributed by atoms with Crippen molar-refractivity contribution in [2.45, 2.75) is 13.3 Å². The normalized spacial score (nSPS) is 10.1. The molecule has 0 atom stereocenters. The van der Waals surface area contributed by atoms with Gasteiger partial charge in [-0.15, -0.1) is 0 Å². The number of para-hydroxylation sites is 1. The molecule has 0 radical (unpaired) electrons. The summed E-state index contributed by atoms with van der Waals surface area (Å²) in [6, 6.07) is 11.5. The summed E-state index contributed by atoms with van der Waals surface area (Å²) in [4.78, 5) is 11.4. The van der Waals surface area contributed by atoms with E-state index in [1.54, 1.807) is 17.8 Å². The second-order valence-corrected chi connectivity index (χ2v) is 4.17. The van der Waals surface area contributed by atoms with Crippen molar-refractivity contribution in [1.29, 1.82) is 0 Å². The standard InChI is InChI=1S/C15H17N3O2/c1-3-20-15(19)11-12(2)17-14-9-10-16-18(14)13-7-5-4-6-8-13/h4-10,17H,2-3,11H2,1H3. The number of ether oxygens (including phenoxy) is 1. The van der Waals surface area contributed by atoms with E-state index in [1.165, 1.54) is 0 Å². The molecule has 0 aliphatic heterocycles. The number of carbonyl (C=O) groups is 1. The van der Waals surface area contributed by atoms with E-state index >= 15 is 0 Å². The maximum atomic E-state index is 11.4. The van der Waals surface area contributed by atoms with Crippen LogP contribution < -0.4 is 5.32 Å². The summed E-state index contributed by atoms with van der Waals surface area (Å²) in [6.07, 6.45) is 1.82. The summed E-state index contributed by atoms with van der Waals surface area (Å²) in [5, 5.41) is 7.34. The van der Waals surface area contributed by atoms with Gasteiger partial charge in [-0.25, -0.2) is 4.68 Å². The Morgan fingerprint density at radius 3 is 2.80 bits per heavy atom. The van der Waals surface area contributed by atoms with Crippen LogP contribution in [-0.4, -0.2) is 22.4 Å². The van der Waals surface area contributed by atoms with Crippen LogP contribution in [0.5, 0.6) is 0 Å². The van der Waals surface area contributed by atoms with E-state index in [2.05, 4.69) is 17.0 Å². The van der Waals surface area contributed by atoms with E-state index in [-0.39, 0.29) is 12.4 Å². The lowest BCUT2D eigenvalue weighted by Crippen LogP contribution is -2.11. The van der Waals surface area contributed by atoms with Crippen LogP contribution in [0.1, 0.15) is 13.3 Å². The summed E-state index contributed by atoms with van der Waals surface area (Å²) in [5.74, 6) is 0.460. The summed E-state index contributed by atoms with van der Waals surface area (Å²) < 4.78 is 6.63. The summed E-state index contributed by atoms with van der Waals surface area (Å²) in [5.41, 5.74) is 1.50. The molecule has 2 rings (SSSR count). The first-order valence-corrected chi connectivity index (χ1v) is 6.40. The number of rotatable bonds is 6. The predicted molar refractivity (Wildman–Crippen MR) is 77.6 cm³/mol. The third kappa shape index (κ3) is 3.47. The Hall–Kier alpha value is -2.56. The van der Waals surface area contributed by atoms with Crippen molar-refractivity contribution in [3.05, 3.63) is 54.9 Å². The van der Waals surface area contributed by atoms with Gasteiger partial charge in [-0.1, -0.05) is 24.8 Å². The Labute approximate surface area is 117 Å². The van der Waals surface area contributed by atoms with E-state index in [4.69, 9.17) is 4.74 Å². The SMILES string of the molecule is C=C(CC(=O)OCC)Nc1ccnn1-c1ccccc1. The molecule has 0 bridgehead atoms. The Morgan fingerprint density at radius 2 is 2.10 bits per heavy atom. The Balaban J connectivity index is 2.06. The summed E-state index contributed by atoms with van der Waals surface area (Å²) in [6.45, 7) is 5.98.